The van der Waals surface area contributed by atoms with Gasteiger partial charge in [0.1, 0.15) is 0 Å². The fraction of sp³-hybridized carbons (Fsp3) is 0.323. The molecule has 2 aliphatic rings. The molecule has 1 N–H and O–H groups in total. The van der Waals surface area contributed by atoms with E-state index in [9.17, 15) is 4.79 Å². The SMILES string of the molecule is O=C(Cc1ccc2ccccc2c1)Nc1nc2c(nc1CC1CCCCC1)-c1ccccc1CC2. The zero-order valence-corrected chi connectivity index (χ0v) is 20.1. The molecule has 0 radical (unpaired) electrons. The van der Waals surface area contributed by atoms with Gasteiger partial charge in [-0.05, 0) is 47.1 Å². The summed E-state index contributed by atoms with van der Waals surface area (Å²) in [6.07, 6.45) is 9.41. The van der Waals surface area contributed by atoms with Crippen LogP contribution in [-0.2, 0) is 30.5 Å². The molecule has 6 rings (SSSR count). The molecular formula is C31H31N3O. The number of carbonyl (C=O) groups excluding carboxylic acids is 1. The van der Waals surface area contributed by atoms with Crippen LogP contribution in [0.4, 0.5) is 5.82 Å². The minimum atomic E-state index is -0.0318. The summed E-state index contributed by atoms with van der Waals surface area (Å²) in [7, 11) is 0. The first-order valence-electron chi connectivity index (χ1n) is 13.0. The van der Waals surface area contributed by atoms with E-state index in [1.54, 1.807) is 0 Å². The second-order valence-electron chi connectivity index (χ2n) is 10.1. The molecule has 0 unspecified atom stereocenters. The molecule has 4 aromatic rings. The van der Waals surface area contributed by atoms with E-state index in [1.807, 2.05) is 18.2 Å². The van der Waals surface area contributed by atoms with Crippen molar-refractivity contribution >= 4 is 22.5 Å². The molecule has 1 aromatic heterocycles. The van der Waals surface area contributed by atoms with Crippen LogP contribution in [0.15, 0.2) is 66.7 Å². The van der Waals surface area contributed by atoms with Gasteiger partial charge in [-0.3, -0.25) is 4.79 Å². The van der Waals surface area contributed by atoms with Gasteiger partial charge in [0.25, 0.3) is 0 Å². The van der Waals surface area contributed by atoms with Gasteiger partial charge in [0.05, 0.1) is 23.5 Å². The van der Waals surface area contributed by atoms with Crippen LogP contribution in [0, 0.1) is 5.92 Å². The van der Waals surface area contributed by atoms with Crippen molar-refractivity contribution < 1.29 is 4.79 Å². The Bertz CT molecular complexity index is 1390. The zero-order valence-electron chi connectivity index (χ0n) is 20.1. The van der Waals surface area contributed by atoms with Gasteiger partial charge in [0.15, 0.2) is 5.82 Å². The fourth-order valence-corrected chi connectivity index (χ4v) is 5.73. The van der Waals surface area contributed by atoms with Crippen LogP contribution in [0.25, 0.3) is 22.0 Å². The normalized spacial score (nSPS) is 15.4. The van der Waals surface area contributed by atoms with Crippen molar-refractivity contribution in [2.24, 2.45) is 5.92 Å². The van der Waals surface area contributed by atoms with Crippen molar-refractivity contribution in [3.8, 4) is 11.3 Å². The van der Waals surface area contributed by atoms with Crippen molar-refractivity contribution in [2.75, 3.05) is 5.32 Å². The first kappa shape index (κ1) is 22.0. The minimum absolute atomic E-state index is 0.0318. The van der Waals surface area contributed by atoms with E-state index in [0.29, 0.717) is 18.2 Å². The summed E-state index contributed by atoms with van der Waals surface area (Å²) in [6.45, 7) is 0. The molecule has 2 aliphatic carbocycles. The molecule has 0 aliphatic heterocycles. The number of rotatable bonds is 5. The number of fused-ring (bicyclic) bond motifs is 4. The summed E-state index contributed by atoms with van der Waals surface area (Å²) in [5.74, 6) is 1.25. The van der Waals surface area contributed by atoms with Crippen molar-refractivity contribution in [3.05, 3.63) is 89.2 Å². The summed E-state index contributed by atoms with van der Waals surface area (Å²) >= 11 is 0. The molecule has 0 saturated heterocycles. The number of hydrogen-bond donors (Lipinski definition) is 1. The Balaban J connectivity index is 1.30. The van der Waals surface area contributed by atoms with Crippen LogP contribution in [0.1, 0.15) is 54.6 Å². The topological polar surface area (TPSA) is 54.9 Å². The quantitative estimate of drug-likeness (QED) is 0.360. The maximum Gasteiger partial charge on any atom is 0.229 e. The van der Waals surface area contributed by atoms with Crippen LogP contribution in [0.5, 0.6) is 0 Å². The Morgan fingerprint density at radius 1 is 0.857 bits per heavy atom. The minimum Gasteiger partial charge on any atom is -0.309 e. The monoisotopic (exact) mass is 461 g/mol. The number of nitrogens with one attached hydrogen (secondary N) is 1. The van der Waals surface area contributed by atoms with Crippen LogP contribution in [0.2, 0.25) is 0 Å². The van der Waals surface area contributed by atoms with Crippen molar-refractivity contribution in [2.45, 2.75) is 57.8 Å². The molecule has 0 atom stereocenters. The molecule has 4 heteroatoms. The van der Waals surface area contributed by atoms with E-state index in [1.165, 1.54) is 48.6 Å². The second-order valence-corrected chi connectivity index (χ2v) is 10.1. The van der Waals surface area contributed by atoms with Gasteiger partial charge in [-0.1, -0.05) is 98.8 Å². The molecular weight excluding hydrogens is 430 g/mol. The van der Waals surface area contributed by atoms with Crippen molar-refractivity contribution in [1.29, 1.82) is 0 Å². The predicted molar refractivity (Wildman–Crippen MR) is 141 cm³/mol. The van der Waals surface area contributed by atoms with E-state index in [4.69, 9.17) is 9.97 Å². The average molecular weight is 462 g/mol. The smallest absolute Gasteiger partial charge is 0.229 e. The lowest BCUT2D eigenvalue weighted by Crippen LogP contribution is -2.21. The van der Waals surface area contributed by atoms with Crippen molar-refractivity contribution in [3.63, 3.8) is 0 Å². The lowest BCUT2D eigenvalue weighted by molar-refractivity contribution is -0.115. The highest BCUT2D eigenvalue weighted by Crippen LogP contribution is 2.34. The summed E-state index contributed by atoms with van der Waals surface area (Å²) in [4.78, 5) is 23.3. The third-order valence-corrected chi connectivity index (χ3v) is 7.59. The number of anilines is 1. The molecule has 0 bridgehead atoms. The van der Waals surface area contributed by atoms with Gasteiger partial charge in [-0.25, -0.2) is 9.97 Å². The van der Waals surface area contributed by atoms with Crippen molar-refractivity contribution in [1.82, 2.24) is 9.97 Å². The average Bonchev–Trinajstić information content (AvgIpc) is 2.89. The number of carbonyl (C=O) groups is 1. The van der Waals surface area contributed by atoms with Gasteiger partial charge < -0.3 is 5.32 Å². The Morgan fingerprint density at radius 3 is 2.54 bits per heavy atom. The Hall–Kier alpha value is -3.53. The molecule has 0 spiro atoms. The van der Waals surface area contributed by atoms with Crippen LogP contribution in [-0.4, -0.2) is 15.9 Å². The lowest BCUT2D eigenvalue weighted by Gasteiger charge is -2.24. The highest BCUT2D eigenvalue weighted by atomic mass is 16.1. The third-order valence-electron chi connectivity index (χ3n) is 7.59. The van der Waals surface area contributed by atoms with Crippen LogP contribution >= 0.6 is 0 Å². The fourth-order valence-electron chi connectivity index (χ4n) is 5.73. The maximum atomic E-state index is 13.1. The standard InChI is InChI=1S/C31H31N3O/c35-29(20-22-14-15-23-10-4-5-12-25(23)18-22)34-31-28(19-21-8-2-1-3-9-21)32-30-26-13-7-6-11-24(26)16-17-27(30)33-31/h4-7,10-15,18,21H,1-3,8-9,16-17,19-20H2,(H,33,34,35). The highest BCUT2D eigenvalue weighted by molar-refractivity contribution is 5.93. The Morgan fingerprint density at radius 2 is 1.66 bits per heavy atom. The molecule has 1 heterocycles. The molecule has 1 saturated carbocycles. The zero-order chi connectivity index (χ0) is 23.6. The molecule has 35 heavy (non-hydrogen) atoms. The van der Waals surface area contributed by atoms with E-state index in [-0.39, 0.29) is 5.91 Å². The maximum absolute atomic E-state index is 13.1. The molecule has 4 nitrogen and oxygen atoms in total. The van der Waals surface area contributed by atoms with Crippen LogP contribution in [0.3, 0.4) is 0 Å². The molecule has 1 amide bonds. The summed E-state index contributed by atoms with van der Waals surface area (Å²) in [5.41, 5.74) is 6.49. The number of aryl methyl sites for hydroxylation is 2. The summed E-state index contributed by atoms with van der Waals surface area (Å²) in [5, 5.41) is 5.50. The Labute approximate surface area is 206 Å². The largest absolute Gasteiger partial charge is 0.309 e. The molecule has 1 fully saturated rings. The number of amides is 1. The third kappa shape index (κ3) is 4.70. The predicted octanol–water partition coefficient (Wildman–Crippen LogP) is 6.70. The second kappa shape index (κ2) is 9.61. The van der Waals surface area contributed by atoms with Gasteiger partial charge in [-0.2, -0.15) is 0 Å². The van der Waals surface area contributed by atoms with Gasteiger partial charge in [0.2, 0.25) is 5.91 Å². The Kier molecular flexibility index (Phi) is 6.03. The highest BCUT2D eigenvalue weighted by Gasteiger charge is 2.24. The lowest BCUT2D eigenvalue weighted by atomic mass is 9.85. The summed E-state index contributed by atoms with van der Waals surface area (Å²) < 4.78 is 0. The summed E-state index contributed by atoms with van der Waals surface area (Å²) in [6, 6.07) is 23.0. The first-order chi connectivity index (χ1) is 17.2. The number of hydrogen-bond acceptors (Lipinski definition) is 3. The molecule has 3 aromatic carbocycles. The first-order valence-corrected chi connectivity index (χ1v) is 13.0. The molecule has 176 valence electrons. The van der Waals surface area contributed by atoms with E-state index in [0.717, 1.165) is 47.3 Å². The van der Waals surface area contributed by atoms with Gasteiger partial charge >= 0.3 is 0 Å². The van der Waals surface area contributed by atoms with E-state index in [2.05, 4.69) is 53.8 Å². The van der Waals surface area contributed by atoms with Gasteiger partial charge in [0, 0.05) is 5.56 Å². The van der Waals surface area contributed by atoms with E-state index >= 15 is 0 Å². The number of benzene rings is 3. The van der Waals surface area contributed by atoms with E-state index < -0.39 is 0 Å². The number of nitrogens with zero attached hydrogens (tertiary/aromatic N) is 2. The van der Waals surface area contributed by atoms with Crippen LogP contribution < -0.4 is 5.32 Å². The number of aromatic nitrogens is 2. The van der Waals surface area contributed by atoms with Gasteiger partial charge in [-0.15, -0.1) is 0 Å².